The van der Waals surface area contributed by atoms with E-state index >= 15 is 0 Å². The summed E-state index contributed by atoms with van der Waals surface area (Å²) < 4.78 is 5.52. The minimum atomic E-state index is 0.842. The number of unbranched alkanes of at least 4 members (excludes halogenated alkanes) is 6. The third kappa shape index (κ3) is 13.4. The monoisotopic (exact) mass is 224 g/mol. The quantitative estimate of drug-likeness (QED) is 0.339. The Hall–Kier alpha value is -0.560. The van der Waals surface area contributed by atoms with Gasteiger partial charge in [0.2, 0.25) is 0 Å². The fraction of sp³-hybridized carbons (Fsp3) is 0.733. The summed E-state index contributed by atoms with van der Waals surface area (Å²) in [5, 5.41) is 0. The van der Waals surface area contributed by atoms with Crippen molar-refractivity contribution in [2.45, 2.75) is 58.3 Å². The van der Waals surface area contributed by atoms with Crippen molar-refractivity contribution in [1.29, 1.82) is 0 Å². The van der Waals surface area contributed by atoms with Crippen LogP contribution in [0.1, 0.15) is 58.3 Å². The molecule has 0 aromatic rings. The minimum absolute atomic E-state index is 0.842. The number of allylic oxidation sites excluding steroid dienone is 1. The first-order chi connectivity index (χ1) is 7.77. The van der Waals surface area contributed by atoms with Crippen molar-refractivity contribution in [2.24, 2.45) is 0 Å². The molecule has 0 saturated carbocycles. The SMILES string of the molecule is C=CCCCCCCCCOCCC(=C)C. The van der Waals surface area contributed by atoms with E-state index in [9.17, 15) is 0 Å². The van der Waals surface area contributed by atoms with Crippen LogP contribution in [0.4, 0.5) is 0 Å². The molecule has 0 heterocycles. The van der Waals surface area contributed by atoms with Gasteiger partial charge < -0.3 is 4.74 Å². The topological polar surface area (TPSA) is 9.23 Å². The second-order valence-corrected chi connectivity index (χ2v) is 4.52. The molecular formula is C15H28O. The van der Waals surface area contributed by atoms with Gasteiger partial charge in [-0.1, -0.05) is 37.3 Å². The molecule has 0 N–H and O–H groups in total. The molecule has 16 heavy (non-hydrogen) atoms. The van der Waals surface area contributed by atoms with Gasteiger partial charge >= 0.3 is 0 Å². The Morgan fingerprint density at radius 1 is 1.00 bits per heavy atom. The van der Waals surface area contributed by atoms with Crippen LogP contribution in [-0.4, -0.2) is 13.2 Å². The van der Waals surface area contributed by atoms with Gasteiger partial charge in [0.05, 0.1) is 6.61 Å². The van der Waals surface area contributed by atoms with E-state index in [0.29, 0.717) is 0 Å². The van der Waals surface area contributed by atoms with Crippen LogP contribution in [0.2, 0.25) is 0 Å². The van der Waals surface area contributed by atoms with Crippen LogP contribution in [0.25, 0.3) is 0 Å². The van der Waals surface area contributed by atoms with E-state index < -0.39 is 0 Å². The molecule has 0 atom stereocenters. The van der Waals surface area contributed by atoms with E-state index in [1.54, 1.807) is 0 Å². The fourth-order valence-electron chi connectivity index (χ4n) is 1.55. The zero-order chi connectivity index (χ0) is 12.1. The van der Waals surface area contributed by atoms with Gasteiger partial charge in [-0.05, 0) is 32.6 Å². The zero-order valence-corrected chi connectivity index (χ0v) is 11.0. The van der Waals surface area contributed by atoms with E-state index in [2.05, 4.69) is 13.2 Å². The predicted molar refractivity (Wildman–Crippen MR) is 72.8 cm³/mol. The van der Waals surface area contributed by atoms with Gasteiger partial charge in [-0.2, -0.15) is 0 Å². The van der Waals surface area contributed by atoms with Crippen molar-refractivity contribution in [3.8, 4) is 0 Å². The van der Waals surface area contributed by atoms with E-state index in [0.717, 1.165) is 19.6 Å². The summed E-state index contributed by atoms with van der Waals surface area (Å²) in [6.45, 7) is 11.4. The third-order valence-electron chi connectivity index (χ3n) is 2.62. The highest BCUT2D eigenvalue weighted by molar-refractivity contribution is 4.86. The van der Waals surface area contributed by atoms with Crippen LogP contribution in [0.15, 0.2) is 24.8 Å². The second kappa shape index (κ2) is 12.5. The fourth-order valence-corrected chi connectivity index (χ4v) is 1.55. The van der Waals surface area contributed by atoms with Crippen LogP contribution < -0.4 is 0 Å². The maximum atomic E-state index is 5.52. The maximum Gasteiger partial charge on any atom is 0.0502 e. The first kappa shape index (κ1) is 15.4. The number of rotatable bonds is 12. The predicted octanol–water partition coefficient (Wildman–Crippen LogP) is 4.89. The smallest absolute Gasteiger partial charge is 0.0502 e. The summed E-state index contributed by atoms with van der Waals surface area (Å²) >= 11 is 0. The van der Waals surface area contributed by atoms with E-state index in [1.807, 2.05) is 13.0 Å². The number of ether oxygens (including phenoxy) is 1. The minimum Gasteiger partial charge on any atom is -0.381 e. The van der Waals surface area contributed by atoms with Crippen LogP contribution >= 0.6 is 0 Å². The second-order valence-electron chi connectivity index (χ2n) is 4.52. The molecule has 0 bridgehead atoms. The lowest BCUT2D eigenvalue weighted by Crippen LogP contribution is -1.97. The van der Waals surface area contributed by atoms with Gasteiger partial charge in [-0.15, -0.1) is 13.2 Å². The molecule has 94 valence electrons. The van der Waals surface area contributed by atoms with Crippen molar-refractivity contribution in [3.05, 3.63) is 24.8 Å². The van der Waals surface area contributed by atoms with Gasteiger partial charge in [0.25, 0.3) is 0 Å². The average molecular weight is 224 g/mol. The lowest BCUT2D eigenvalue weighted by molar-refractivity contribution is 0.133. The zero-order valence-electron chi connectivity index (χ0n) is 11.0. The standard InChI is InChI=1S/C15H28O/c1-4-5-6-7-8-9-10-11-13-16-14-12-15(2)3/h4H,1-2,5-14H2,3H3. The summed E-state index contributed by atoms with van der Waals surface area (Å²) in [7, 11) is 0. The van der Waals surface area contributed by atoms with Crippen molar-refractivity contribution in [2.75, 3.05) is 13.2 Å². The molecule has 0 rings (SSSR count). The Morgan fingerprint density at radius 3 is 2.25 bits per heavy atom. The number of hydrogen-bond acceptors (Lipinski definition) is 1. The lowest BCUT2D eigenvalue weighted by Gasteiger charge is -2.04. The first-order valence-corrected chi connectivity index (χ1v) is 6.60. The molecule has 1 heteroatoms. The summed E-state index contributed by atoms with van der Waals surface area (Å²) in [5.74, 6) is 0. The third-order valence-corrected chi connectivity index (χ3v) is 2.62. The van der Waals surface area contributed by atoms with Gasteiger partial charge in [-0.25, -0.2) is 0 Å². The van der Waals surface area contributed by atoms with Crippen molar-refractivity contribution < 1.29 is 4.74 Å². The largest absolute Gasteiger partial charge is 0.381 e. The molecule has 0 fully saturated rings. The van der Waals surface area contributed by atoms with Crippen LogP contribution in [0.3, 0.4) is 0 Å². The van der Waals surface area contributed by atoms with E-state index in [-0.39, 0.29) is 0 Å². The highest BCUT2D eigenvalue weighted by Crippen LogP contribution is 2.07. The molecular weight excluding hydrogens is 196 g/mol. The maximum absolute atomic E-state index is 5.52. The Bertz CT molecular complexity index is 172. The van der Waals surface area contributed by atoms with Gasteiger partial charge in [0.1, 0.15) is 0 Å². The molecule has 0 aromatic carbocycles. The number of hydrogen-bond donors (Lipinski definition) is 0. The molecule has 1 nitrogen and oxygen atoms in total. The summed E-state index contributed by atoms with van der Waals surface area (Å²) in [4.78, 5) is 0. The molecule has 0 aromatic heterocycles. The van der Waals surface area contributed by atoms with Gasteiger partial charge in [-0.3, -0.25) is 0 Å². The molecule has 0 aliphatic heterocycles. The van der Waals surface area contributed by atoms with Crippen molar-refractivity contribution >= 4 is 0 Å². The Morgan fingerprint density at radius 2 is 1.62 bits per heavy atom. The molecule has 0 aliphatic carbocycles. The molecule has 0 amide bonds. The van der Waals surface area contributed by atoms with Crippen LogP contribution in [0.5, 0.6) is 0 Å². The van der Waals surface area contributed by atoms with E-state index in [4.69, 9.17) is 4.74 Å². The first-order valence-electron chi connectivity index (χ1n) is 6.60. The van der Waals surface area contributed by atoms with Crippen LogP contribution in [0, 0.1) is 0 Å². The Kier molecular flexibility index (Phi) is 12.1. The highest BCUT2D eigenvalue weighted by atomic mass is 16.5. The highest BCUT2D eigenvalue weighted by Gasteiger charge is 1.92. The Balaban J connectivity index is 2.93. The van der Waals surface area contributed by atoms with Crippen LogP contribution in [-0.2, 0) is 4.74 Å². The average Bonchev–Trinajstić information content (AvgIpc) is 2.25. The van der Waals surface area contributed by atoms with Crippen molar-refractivity contribution in [1.82, 2.24) is 0 Å². The molecule has 0 unspecified atom stereocenters. The summed E-state index contributed by atoms with van der Waals surface area (Å²) in [6, 6.07) is 0. The molecule has 0 saturated heterocycles. The van der Waals surface area contributed by atoms with Crippen molar-refractivity contribution in [3.63, 3.8) is 0 Å². The normalized spacial score (nSPS) is 10.3. The molecule has 0 spiro atoms. The Labute approximate surface area is 102 Å². The van der Waals surface area contributed by atoms with Gasteiger partial charge in [0, 0.05) is 6.61 Å². The van der Waals surface area contributed by atoms with E-state index in [1.165, 1.54) is 50.5 Å². The van der Waals surface area contributed by atoms with Gasteiger partial charge in [0.15, 0.2) is 0 Å². The summed E-state index contributed by atoms with van der Waals surface area (Å²) in [6.07, 6.45) is 12.1. The summed E-state index contributed by atoms with van der Waals surface area (Å²) in [5.41, 5.74) is 1.21. The lowest BCUT2D eigenvalue weighted by atomic mass is 10.1. The molecule has 0 radical (unpaired) electrons. The molecule has 0 aliphatic rings.